The monoisotopic (exact) mass is 347 g/mol. The lowest BCUT2D eigenvalue weighted by atomic mass is 9.75. The van der Waals surface area contributed by atoms with E-state index in [-0.39, 0.29) is 11.7 Å². The lowest BCUT2D eigenvalue weighted by Crippen LogP contribution is -2.61. The molecule has 4 fully saturated rings. The number of carbonyl (C=O) groups is 1. The number of aromatic nitrogens is 1. The fourth-order valence-corrected chi connectivity index (χ4v) is 5.77. The van der Waals surface area contributed by atoms with Crippen LogP contribution in [0.15, 0.2) is 23.2 Å². The number of hydrogen-bond donors (Lipinski definition) is 0. The lowest BCUT2D eigenvalue weighted by molar-refractivity contribution is -0.0881. The molecular formula is C16H17N3O2S2. The summed E-state index contributed by atoms with van der Waals surface area (Å²) in [5.41, 5.74) is 2.50. The first-order valence-electron chi connectivity index (χ1n) is 7.94. The van der Waals surface area contributed by atoms with E-state index in [2.05, 4.69) is 21.3 Å². The highest BCUT2D eigenvalue weighted by Crippen LogP contribution is 2.44. The summed E-state index contributed by atoms with van der Waals surface area (Å²) in [4.78, 5) is 23.2. The summed E-state index contributed by atoms with van der Waals surface area (Å²) in [5, 5.41) is 2.05. The normalized spacial score (nSPS) is 32.7. The quantitative estimate of drug-likeness (QED) is 0.836. The zero-order valence-corrected chi connectivity index (χ0v) is 14.2. The van der Waals surface area contributed by atoms with E-state index in [1.54, 1.807) is 22.7 Å². The van der Waals surface area contributed by atoms with E-state index in [0.29, 0.717) is 12.5 Å². The largest absolute Gasteiger partial charge is 0.439 e. The van der Waals surface area contributed by atoms with E-state index >= 15 is 0 Å². The molecule has 1 amide bonds. The molecule has 23 heavy (non-hydrogen) atoms. The minimum absolute atomic E-state index is 0.188. The van der Waals surface area contributed by atoms with Crippen molar-refractivity contribution < 1.29 is 9.53 Å². The van der Waals surface area contributed by atoms with Gasteiger partial charge in [-0.25, -0.2) is 4.79 Å². The molecule has 2 aromatic rings. The smallest absolute Gasteiger partial charge is 0.415 e. The summed E-state index contributed by atoms with van der Waals surface area (Å²) in [6, 6.07) is 2.08. The number of thiazole rings is 1. The molecule has 6 rings (SSSR count). The Kier molecular flexibility index (Phi) is 3.05. The van der Waals surface area contributed by atoms with Crippen LogP contribution in [0, 0.1) is 5.92 Å². The van der Waals surface area contributed by atoms with Crippen LogP contribution >= 0.6 is 22.7 Å². The van der Waals surface area contributed by atoms with Crippen LogP contribution in [0.4, 0.5) is 10.5 Å². The number of fused-ring (bicyclic) bond motifs is 2. The van der Waals surface area contributed by atoms with Crippen LogP contribution < -0.4 is 4.90 Å². The standard InChI is InChI=1S/C16H17N3O2S2/c20-15-19(12-5-13(22-7-12)14-6-17-10-23-14)9-16(21-15)8-18-3-1-11(16)2-4-18/h5-7,10-11H,1-4,8-9H2/t16-/m0/s1. The Hall–Kier alpha value is -1.44. The third-order valence-corrected chi connectivity index (χ3v) is 7.22. The molecule has 2 bridgehead atoms. The molecule has 120 valence electrons. The van der Waals surface area contributed by atoms with Gasteiger partial charge in [0.25, 0.3) is 0 Å². The molecule has 4 aliphatic rings. The second-order valence-corrected chi connectivity index (χ2v) is 8.40. The fraction of sp³-hybridized carbons (Fsp3) is 0.500. The molecule has 1 spiro atoms. The van der Waals surface area contributed by atoms with E-state index in [4.69, 9.17) is 4.74 Å². The molecule has 0 aromatic carbocycles. The highest BCUT2D eigenvalue weighted by Gasteiger charge is 2.55. The number of ether oxygens (including phenoxy) is 1. The SMILES string of the molecule is O=C1O[C@@]2(CN3CCC2CC3)CN1c1csc(-c2cncs2)c1. The first kappa shape index (κ1) is 13.9. The predicted molar refractivity (Wildman–Crippen MR) is 91.1 cm³/mol. The molecular weight excluding hydrogens is 330 g/mol. The van der Waals surface area contributed by atoms with Gasteiger partial charge in [0.1, 0.15) is 5.60 Å². The average Bonchev–Trinajstić information content (AvgIpc) is 3.28. The van der Waals surface area contributed by atoms with Crippen LogP contribution in [0.2, 0.25) is 0 Å². The van der Waals surface area contributed by atoms with Gasteiger partial charge in [-0.15, -0.1) is 22.7 Å². The maximum atomic E-state index is 12.5. The first-order chi connectivity index (χ1) is 11.2. The number of hydrogen-bond acceptors (Lipinski definition) is 6. The number of nitrogens with zero attached hydrogens (tertiary/aromatic N) is 3. The third-order valence-electron chi connectivity index (χ3n) is 5.33. The van der Waals surface area contributed by atoms with E-state index in [1.807, 2.05) is 16.6 Å². The number of piperidine rings is 3. The molecule has 4 aliphatic heterocycles. The van der Waals surface area contributed by atoms with Crippen LogP contribution in [0.1, 0.15) is 12.8 Å². The Morgan fingerprint density at radius 1 is 1.22 bits per heavy atom. The Morgan fingerprint density at radius 3 is 2.78 bits per heavy atom. The maximum Gasteiger partial charge on any atom is 0.415 e. The molecule has 1 atom stereocenters. The minimum atomic E-state index is -0.291. The van der Waals surface area contributed by atoms with Crippen molar-refractivity contribution in [2.45, 2.75) is 18.4 Å². The first-order valence-corrected chi connectivity index (χ1v) is 9.70. The predicted octanol–water partition coefficient (Wildman–Crippen LogP) is 3.29. The third kappa shape index (κ3) is 2.14. The van der Waals surface area contributed by atoms with Gasteiger partial charge in [0.15, 0.2) is 0 Å². The Labute approximate surface area is 142 Å². The number of amides is 1. The highest BCUT2D eigenvalue weighted by atomic mass is 32.1. The summed E-state index contributed by atoms with van der Waals surface area (Å²) < 4.78 is 5.93. The Balaban J connectivity index is 1.43. The summed E-state index contributed by atoms with van der Waals surface area (Å²) in [6.45, 7) is 3.88. The maximum absolute atomic E-state index is 12.5. The van der Waals surface area contributed by atoms with Crippen molar-refractivity contribution in [3.8, 4) is 9.75 Å². The van der Waals surface area contributed by atoms with Crippen LogP contribution in [-0.4, -0.2) is 47.8 Å². The van der Waals surface area contributed by atoms with Gasteiger partial charge in [0.2, 0.25) is 0 Å². The van der Waals surface area contributed by atoms with Crippen molar-refractivity contribution in [2.24, 2.45) is 5.92 Å². The molecule has 2 aromatic heterocycles. The molecule has 4 saturated heterocycles. The summed E-state index contributed by atoms with van der Waals surface area (Å²) in [6.07, 6.45) is 3.98. The van der Waals surface area contributed by atoms with E-state index in [1.165, 1.54) is 0 Å². The molecule has 0 unspecified atom stereocenters. The molecule has 7 heteroatoms. The van der Waals surface area contributed by atoms with Crippen molar-refractivity contribution in [2.75, 3.05) is 31.1 Å². The van der Waals surface area contributed by atoms with Gasteiger partial charge < -0.3 is 4.74 Å². The van der Waals surface area contributed by atoms with E-state index in [9.17, 15) is 4.79 Å². The second kappa shape index (κ2) is 5.03. The molecule has 0 aliphatic carbocycles. The van der Waals surface area contributed by atoms with Gasteiger partial charge >= 0.3 is 6.09 Å². The second-order valence-electron chi connectivity index (χ2n) is 6.60. The summed E-state index contributed by atoms with van der Waals surface area (Å²) >= 11 is 3.28. The number of carbonyl (C=O) groups excluding carboxylic acids is 1. The Bertz CT molecular complexity index is 736. The van der Waals surface area contributed by atoms with Crippen molar-refractivity contribution in [1.29, 1.82) is 0 Å². The minimum Gasteiger partial charge on any atom is -0.439 e. The van der Waals surface area contributed by atoms with E-state index < -0.39 is 0 Å². The fourth-order valence-electron chi connectivity index (χ4n) is 4.14. The van der Waals surface area contributed by atoms with Gasteiger partial charge in [-0.3, -0.25) is 14.8 Å². The lowest BCUT2D eigenvalue weighted by Gasteiger charge is -2.49. The topological polar surface area (TPSA) is 45.7 Å². The number of thiophene rings is 1. The van der Waals surface area contributed by atoms with Gasteiger partial charge in [-0.2, -0.15) is 0 Å². The van der Waals surface area contributed by atoms with Gasteiger partial charge in [0.05, 0.1) is 22.6 Å². The van der Waals surface area contributed by atoms with Crippen LogP contribution in [-0.2, 0) is 4.74 Å². The van der Waals surface area contributed by atoms with Crippen LogP contribution in [0.3, 0.4) is 0 Å². The van der Waals surface area contributed by atoms with Crippen molar-refractivity contribution >= 4 is 34.5 Å². The van der Waals surface area contributed by atoms with E-state index in [0.717, 1.165) is 47.9 Å². The zero-order chi connectivity index (χ0) is 15.4. The van der Waals surface area contributed by atoms with Gasteiger partial charge in [0, 0.05) is 28.9 Å². The van der Waals surface area contributed by atoms with Crippen LogP contribution in [0.5, 0.6) is 0 Å². The van der Waals surface area contributed by atoms with Gasteiger partial charge in [-0.05, 0) is 32.0 Å². The zero-order valence-electron chi connectivity index (χ0n) is 12.6. The highest BCUT2D eigenvalue weighted by molar-refractivity contribution is 7.20. The van der Waals surface area contributed by atoms with Crippen LogP contribution in [0.25, 0.3) is 9.75 Å². The molecule has 0 radical (unpaired) electrons. The molecule has 6 heterocycles. The van der Waals surface area contributed by atoms with Gasteiger partial charge in [-0.1, -0.05) is 0 Å². The molecule has 0 saturated carbocycles. The number of anilines is 1. The van der Waals surface area contributed by atoms with Crippen molar-refractivity contribution in [1.82, 2.24) is 9.88 Å². The summed E-state index contributed by atoms with van der Waals surface area (Å²) in [7, 11) is 0. The average molecular weight is 347 g/mol. The molecule has 5 nitrogen and oxygen atoms in total. The molecule has 0 N–H and O–H groups in total. The summed E-state index contributed by atoms with van der Waals surface area (Å²) in [5.74, 6) is 0.515. The number of rotatable bonds is 2. The van der Waals surface area contributed by atoms with Crippen molar-refractivity contribution in [3.63, 3.8) is 0 Å². The van der Waals surface area contributed by atoms with Crippen molar-refractivity contribution in [3.05, 3.63) is 23.2 Å². The Morgan fingerprint density at radius 2 is 2.09 bits per heavy atom.